The van der Waals surface area contributed by atoms with E-state index in [2.05, 4.69) is 27.6 Å². The van der Waals surface area contributed by atoms with Gasteiger partial charge < -0.3 is 10.6 Å². The summed E-state index contributed by atoms with van der Waals surface area (Å²) in [5.41, 5.74) is 0. The molecule has 0 unspecified atom stereocenters. The van der Waals surface area contributed by atoms with Crippen LogP contribution in [-0.4, -0.2) is 39.8 Å². The Morgan fingerprint density at radius 3 is 3.21 bits per heavy atom. The number of piperidine rings is 1. The van der Waals surface area contributed by atoms with Crippen LogP contribution < -0.4 is 10.6 Å². The molecule has 1 fully saturated rings. The van der Waals surface area contributed by atoms with Crippen molar-refractivity contribution in [2.45, 2.75) is 45.2 Å². The van der Waals surface area contributed by atoms with Crippen molar-refractivity contribution < 1.29 is 4.79 Å². The average Bonchev–Trinajstić information content (AvgIpc) is 2.91. The lowest BCUT2D eigenvalue weighted by Crippen LogP contribution is -2.47. The van der Waals surface area contributed by atoms with Crippen LogP contribution in [0, 0.1) is 5.92 Å². The van der Waals surface area contributed by atoms with Crippen LogP contribution in [0.25, 0.3) is 0 Å². The van der Waals surface area contributed by atoms with Crippen LogP contribution in [0.3, 0.4) is 0 Å². The molecule has 106 valence electrons. The largest absolute Gasteiger partial charge is 0.355 e. The maximum atomic E-state index is 11.7. The fourth-order valence-corrected chi connectivity index (χ4v) is 2.45. The van der Waals surface area contributed by atoms with Gasteiger partial charge in [-0.2, -0.15) is 5.10 Å². The monoisotopic (exact) mass is 265 g/mol. The number of hydrogen-bond acceptors (Lipinski definition) is 4. The van der Waals surface area contributed by atoms with E-state index in [1.54, 1.807) is 11.0 Å². The molecule has 0 saturated carbocycles. The van der Waals surface area contributed by atoms with Crippen LogP contribution in [0.1, 0.15) is 32.6 Å². The minimum absolute atomic E-state index is 0.125. The van der Waals surface area contributed by atoms with E-state index < -0.39 is 0 Å². The number of nitrogens with one attached hydrogen (secondary N) is 2. The Hall–Kier alpha value is -1.43. The molecule has 0 radical (unpaired) electrons. The minimum atomic E-state index is 0.125. The van der Waals surface area contributed by atoms with Crippen LogP contribution in [0.2, 0.25) is 0 Å². The van der Waals surface area contributed by atoms with Gasteiger partial charge in [0.1, 0.15) is 12.7 Å². The van der Waals surface area contributed by atoms with Crippen LogP contribution in [0.4, 0.5) is 0 Å². The molecule has 2 heterocycles. The van der Waals surface area contributed by atoms with Gasteiger partial charge in [-0.05, 0) is 31.7 Å². The van der Waals surface area contributed by atoms with Crippen molar-refractivity contribution in [1.29, 1.82) is 0 Å². The summed E-state index contributed by atoms with van der Waals surface area (Å²) in [6.07, 6.45) is 7.01. The van der Waals surface area contributed by atoms with E-state index in [4.69, 9.17) is 0 Å². The molecule has 2 N–H and O–H groups in total. The van der Waals surface area contributed by atoms with E-state index in [0.29, 0.717) is 18.4 Å². The van der Waals surface area contributed by atoms with Gasteiger partial charge in [-0.15, -0.1) is 0 Å². The van der Waals surface area contributed by atoms with Crippen LogP contribution in [0.15, 0.2) is 12.7 Å². The van der Waals surface area contributed by atoms with E-state index in [1.165, 1.54) is 19.2 Å². The second-order valence-electron chi connectivity index (χ2n) is 5.25. The quantitative estimate of drug-likeness (QED) is 0.788. The highest BCUT2D eigenvalue weighted by Gasteiger charge is 2.20. The molecular weight excluding hydrogens is 242 g/mol. The zero-order chi connectivity index (χ0) is 13.5. The van der Waals surface area contributed by atoms with Crippen molar-refractivity contribution in [2.75, 3.05) is 13.1 Å². The first kappa shape index (κ1) is 14.0. The molecule has 1 aliphatic rings. The molecule has 1 aromatic heterocycles. The smallest absolute Gasteiger partial charge is 0.220 e. The summed E-state index contributed by atoms with van der Waals surface area (Å²) in [4.78, 5) is 15.6. The van der Waals surface area contributed by atoms with Gasteiger partial charge in [0, 0.05) is 25.6 Å². The first-order chi connectivity index (χ1) is 9.25. The summed E-state index contributed by atoms with van der Waals surface area (Å²) in [5, 5.41) is 10.5. The van der Waals surface area contributed by atoms with Crippen LogP contribution in [0.5, 0.6) is 0 Å². The Bertz CT molecular complexity index is 378. The van der Waals surface area contributed by atoms with Gasteiger partial charge in [0.05, 0.1) is 0 Å². The van der Waals surface area contributed by atoms with E-state index >= 15 is 0 Å². The Kier molecular flexibility index (Phi) is 5.32. The summed E-state index contributed by atoms with van der Waals surface area (Å²) in [6, 6.07) is 0.424. The van der Waals surface area contributed by atoms with Crippen LogP contribution >= 0.6 is 0 Å². The molecule has 1 saturated heterocycles. The molecule has 1 aromatic rings. The lowest BCUT2D eigenvalue weighted by molar-refractivity contribution is -0.121. The summed E-state index contributed by atoms with van der Waals surface area (Å²) in [7, 11) is 0. The first-order valence-electron chi connectivity index (χ1n) is 7.08. The number of amides is 1. The van der Waals surface area contributed by atoms with Crippen molar-refractivity contribution in [2.24, 2.45) is 5.92 Å². The highest BCUT2D eigenvalue weighted by atomic mass is 16.1. The third-order valence-electron chi connectivity index (χ3n) is 3.71. The normalized spacial score (nSPS) is 23.2. The fourth-order valence-electron chi connectivity index (χ4n) is 2.45. The molecule has 0 aromatic carbocycles. The molecule has 0 aliphatic carbocycles. The average molecular weight is 265 g/mol. The Morgan fingerprint density at radius 1 is 1.58 bits per heavy atom. The lowest BCUT2D eigenvalue weighted by Gasteiger charge is -2.30. The van der Waals surface area contributed by atoms with Crippen molar-refractivity contribution >= 4 is 5.91 Å². The molecule has 2 atom stereocenters. The standard InChI is InChI=1S/C13H23N5O/c1-11-4-2-6-15-12(11)8-16-13(19)5-3-7-18-10-14-9-17-18/h9-12,15H,2-8H2,1H3,(H,16,19)/t11-,12-/m1/s1. The van der Waals surface area contributed by atoms with Crippen molar-refractivity contribution in [1.82, 2.24) is 25.4 Å². The molecule has 0 bridgehead atoms. The first-order valence-corrected chi connectivity index (χ1v) is 7.08. The number of aryl methyl sites for hydroxylation is 1. The second kappa shape index (κ2) is 7.23. The summed E-state index contributed by atoms with van der Waals surface area (Å²) < 4.78 is 1.75. The van der Waals surface area contributed by atoms with Gasteiger partial charge in [-0.3, -0.25) is 9.48 Å². The van der Waals surface area contributed by atoms with Gasteiger partial charge in [-0.1, -0.05) is 6.92 Å². The molecule has 1 aliphatic heterocycles. The van der Waals surface area contributed by atoms with Crippen LogP contribution in [-0.2, 0) is 11.3 Å². The Balaban J connectivity index is 1.59. The topological polar surface area (TPSA) is 71.8 Å². The number of carbonyl (C=O) groups excluding carboxylic acids is 1. The number of carbonyl (C=O) groups is 1. The fraction of sp³-hybridized carbons (Fsp3) is 0.769. The number of hydrogen-bond donors (Lipinski definition) is 2. The van der Waals surface area contributed by atoms with Crippen molar-refractivity contribution in [3.8, 4) is 0 Å². The van der Waals surface area contributed by atoms with Crippen molar-refractivity contribution in [3.63, 3.8) is 0 Å². The molecule has 1 amide bonds. The molecule has 2 rings (SSSR count). The molecule has 6 nitrogen and oxygen atoms in total. The zero-order valence-corrected chi connectivity index (χ0v) is 11.5. The summed E-state index contributed by atoms with van der Waals surface area (Å²) in [5.74, 6) is 0.767. The van der Waals surface area contributed by atoms with Gasteiger partial charge in [0.2, 0.25) is 5.91 Å². The number of rotatable bonds is 6. The maximum Gasteiger partial charge on any atom is 0.220 e. The zero-order valence-electron chi connectivity index (χ0n) is 11.5. The number of nitrogens with zero attached hydrogens (tertiary/aromatic N) is 3. The third-order valence-corrected chi connectivity index (χ3v) is 3.71. The minimum Gasteiger partial charge on any atom is -0.355 e. The molecular formula is C13H23N5O. The van der Waals surface area contributed by atoms with E-state index in [9.17, 15) is 4.79 Å². The lowest BCUT2D eigenvalue weighted by atomic mass is 9.93. The third kappa shape index (κ3) is 4.63. The predicted molar refractivity (Wildman–Crippen MR) is 72.5 cm³/mol. The molecule has 6 heteroatoms. The summed E-state index contributed by atoms with van der Waals surface area (Å²) >= 11 is 0. The Labute approximate surface area is 114 Å². The maximum absolute atomic E-state index is 11.7. The second-order valence-corrected chi connectivity index (χ2v) is 5.25. The van der Waals surface area contributed by atoms with Gasteiger partial charge in [-0.25, -0.2) is 4.98 Å². The van der Waals surface area contributed by atoms with Gasteiger partial charge in [0.15, 0.2) is 0 Å². The van der Waals surface area contributed by atoms with Crippen molar-refractivity contribution in [3.05, 3.63) is 12.7 Å². The SMILES string of the molecule is C[C@@H]1CCCN[C@@H]1CNC(=O)CCCn1cncn1. The van der Waals surface area contributed by atoms with E-state index in [1.807, 2.05) is 0 Å². The molecule has 0 spiro atoms. The van der Waals surface area contributed by atoms with Gasteiger partial charge in [0.25, 0.3) is 0 Å². The predicted octanol–water partition coefficient (Wildman–Crippen LogP) is 0.563. The van der Waals surface area contributed by atoms with Gasteiger partial charge >= 0.3 is 0 Å². The highest BCUT2D eigenvalue weighted by molar-refractivity contribution is 5.75. The van der Waals surface area contributed by atoms with E-state index in [-0.39, 0.29) is 5.91 Å². The highest BCUT2D eigenvalue weighted by Crippen LogP contribution is 2.14. The van der Waals surface area contributed by atoms with E-state index in [0.717, 1.165) is 26.1 Å². The number of aromatic nitrogens is 3. The Morgan fingerprint density at radius 2 is 2.47 bits per heavy atom. The summed E-state index contributed by atoms with van der Waals surface area (Å²) in [6.45, 7) is 4.79. The molecule has 19 heavy (non-hydrogen) atoms.